The minimum Gasteiger partial charge on any atom is -0.325 e. The number of rotatable bonds is 3. The van der Waals surface area contributed by atoms with Crippen LogP contribution in [0, 0.1) is 0 Å². The Morgan fingerprint density at radius 3 is 2.50 bits per heavy atom. The van der Waals surface area contributed by atoms with Crippen LogP contribution in [0.25, 0.3) is 0 Å². The van der Waals surface area contributed by atoms with Gasteiger partial charge in [-0.05, 0) is 24.3 Å². The fourth-order valence-electron chi connectivity index (χ4n) is 1.19. The molecule has 1 aromatic carbocycles. The highest BCUT2D eigenvalue weighted by Crippen LogP contribution is 2.28. The van der Waals surface area contributed by atoms with E-state index in [1.54, 1.807) is 24.2 Å². The summed E-state index contributed by atoms with van der Waals surface area (Å²) < 4.78 is 1.06. The third-order valence-electron chi connectivity index (χ3n) is 1.96. The number of halogens is 1. The van der Waals surface area contributed by atoms with Crippen LogP contribution in [0.2, 0.25) is 0 Å². The lowest BCUT2D eigenvalue weighted by Gasteiger charge is -2.04. The Morgan fingerprint density at radius 1 is 1.12 bits per heavy atom. The first-order valence-corrected chi connectivity index (χ1v) is 6.34. The van der Waals surface area contributed by atoms with E-state index in [4.69, 9.17) is 5.73 Å². The molecule has 1 aromatic heterocycles. The van der Waals surface area contributed by atoms with E-state index < -0.39 is 0 Å². The number of aromatic nitrogens is 2. The standard InChI is InChI=1S/C11H10BrN3S/c12-8-1-3-9(4-2-8)16-11-10(7-13)14-5-6-15-11/h1-6H,7,13H2. The van der Waals surface area contributed by atoms with Crippen molar-refractivity contribution in [2.75, 3.05) is 0 Å². The average molecular weight is 296 g/mol. The van der Waals surface area contributed by atoms with E-state index in [-0.39, 0.29) is 0 Å². The molecule has 0 unspecified atom stereocenters. The van der Waals surface area contributed by atoms with Crippen molar-refractivity contribution in [2.45, 2.75) is 16.5 Å². The summed E-state index contributed by atoms with van der Waals surface area (Å²) in [5.74, 6) is 0. The highest BCUT2D eigenvalue weighted by atomic mass is 79.9. The Hall–Kier alpha value is -0.910. The second-order valence-electron chi connectivity index (χ2n) is 3.07. The molecule has 2 aromatic rings. The fourth-order valence-corrected chi connectivity index (χ4v) is 2.32. The quantitative estimate of drug-likeness (QED) is 0.946. The zero-order chi connectivity index (χ0) is 11.4. The van der Waals surface area contributed by atoms with E-state index in [1.807, 2.05) is 24.3 Å². The molecule has 0 aliphatic rings. The summed E-state index contributed by atoms with van der Waals surface area (Å²) in [4.78, 5) is 9.59. The summed E-state index contributed by atoms with van der Waals surface area (Å²) in [7, 11) is 0. The van der Waals surface area contributed by atoms with Gasteiger partial charge >= 0.3 is 0 Å². The van der Waals surface area contributed by atoms with Gasteiger partial charge in [-0.15, -0.1) is 0 Å². The predicted octanol–water partition coefficient (Wildman–Crippen LogP) is 2.85. The van der Waals surface area contributed by atoms with Crippen LogP contribution in [0.15, 0.2) is 51.1 Å². The highest BCUT2D eigenvalue weighted by Gasteiger charge is 2.05. The van der Waals surface area contributed by atoms with Gasteiger partial charge in [0.2, 0.25) is 0 Å². The molecule has 0 spiro atoms. The van der Waals surface area contributed by atoms with Crippen molar-refractivity contribution in [3.05, 3.63) is 46.8 Å². The summed E-state index contributed by atoms with van der Waals surface area (Å²) in [5.41, 5.74) is 6.43. The molecule has 0 radical (unpaired) electrons. The van der Waals surface area contributed by atoms with E-state index in [0.29, 0.717) is 6.54 Å². The zero-order valence-electron chi connectivity index (χ0n) is 8.43. The Kier molecular flexibility index (Phi) is 3.93. The maximum Gasteiger partial charge on any atom is 0.124 e. The molecular weight excluding hydrogens is 286 g/mol. The van der Waals surface area contributed by atoms with Gasteiger partial charge in [0.05, 0.1) is 5.69 Å². The first-order valence-electron chi connectivity index (χ1n) is 4.73. The topological polar surface area (TPSA) is 51.8 Å². The molecule has 1 heterocycles. The van der Waals surface area contributed by atoms with Gasteiger partial charge in [-0.1, -0.05) is 27.7 Å². The Bertz CT molecular complexity index is 473. The van der Waals surface area contributed by atoms with Gasteiger partial charge in [0.25, 0.3) is 0 Å². The van der Waals surface area contributed by atoms with Crippen molar-refractivity contribution in [2.24, 2.45) is 5.73 Å². The third kappa shape index (κ3) is 2.81. The van der Waals surface area contributed by atoms with Crippen LogP contribution in [0.1, 0.15) is 5.69 Å². The van der Waals surface area contributed by atoms with Crippen LogP contribution >= 0.6 is 27.7 Å². The second kappa shape index (κ2) is 5.43. The number of nitrogens with two attached hydrogens (primary N) is 1. The molecule has 5 heteroatoms. The van der Waals surface area contributed by atoms with Crippen LogP contribution in [0.3, 0.4) is 0 Å². The monoisotopic (exact) mass is 295 g/mol. The van der Waals surface area contributed by atoms with Gasteiger partial charge in [-0.3, -0.25) is 4.98 Å². The lowest BCUT2D eigenvalue weighted by Crippen LogP contribution is -2.02. The van der Waals surface area contributed by atoms with Gasteiger partial charge in [0.1, 0.15) is 5.03 Å². The highest BCUT2D eigenvalue weighted by molar-refractivity contribution is 9.10. The molecular formula is C11H10BrN3S. The van der Waals surface area contributed by atoms with E-state index in [9.17, 15) is 0 Å². The summed E-state index contributed by atoms with van der Waals surface area (Å²) in [6.07, 6.45) is 3.34. The molecule has 0 aliphatic heterocycles. The summed E-state index contributed by atoms with van der Waals surface area (Å²) in [5, 5.41) is 0.868. The summed E-state index contributed by atoms with van der Waals surface area (Å²) >= 11 is 4.97. The molecule has 0 amide bonds. The van der Waals surface area contributed by atoms with Crippen molar-refractivity contribution in [1.29, 1.82) is 0 Å². The molecule has 0 aliphatic carbocycles. The molecule has 2 N–H and O–H groups in total. The third-order valence-corrected chi connectivity index (χ3v) is 3.53. The molecule has 0 atom stereocenters. The van der Waals surface area contributed by atoms with Crippen molar-refractivity contribution in [3.63, 3.8) is 0 Å². The summed E-state index contributed by atoms with van der Waals surface area (Å²) in [6.45, 7) is 0.409. The number of hydrogen-bond acceptors (Lipinski definition) is 4. The molecule has 2 rings (SSSR count). The van der Waals surface area contributed by atoms with Crippen LogP contribution < -0.4 is 5.73 Å². The van der Waals surface area contributed by atoms with Crippen molar-refractivity contribution in [3.8, 4) is 0 Å². The molecule has 0 saturated heterocycles. The normalized spacial score (nSPS) is 10.4. The van der Waals surface area contributed by atoms with Crippen LogP contribution in [0.4, 0.5) is 0 Å². The minimum absolute atomic E-state index is 0.409. The van der Waals surface area contributed by atoms with Crippen molar-refractivity contribution in [1.82, 2.24) is 9.97 Å². The smallest absolute Gasteiger partial charge is 0.124 e. The lowest BCUT2D eigenvalue weighted by molar-refractivity contribution is 0.886. The van der Waals surface area contributed by atoms with Crippen molar-refractivity contribution >= 4 is 27.7 Å². The van der Waals surface area contributed by atoms with Gasteiger partial charge < -0.3 is 5.73 Å². The molecule has 16 heavy (non-hydrogen) atoms. The van der Waals surface area contributed by atoms with Crippen LogP contribution in [-0.4, -0.2) is 9.97 Å². The Morgan fingerprint density at radius 2 is 1.81 bits per heavy atom. The molecule has 0 fully saturated rings. The van der Waals surface area contributed by atoms with Gasteiger partial charge in [-0.2, -0.15) is 0 Å². The Balaban J connectivity index is 2.23. The van der Waals surface area contributed by atoms with Gasteiger partial charge in [0.15, 0.2) is 0 Å². The molecule has 0 saturated carbocycles. The predicted molar refractivity (Wildman–Crippen MR) is 68.2 cm³/mol. The largest absolute Gasteiger partial charge is 0.325 e. The second-order valence-corrected chi connectivity index (χ2v) is 5.05. The number of hydrogen-bond donors (Lipinski definition) is 1. The van der Waals surface area contributed by atoms with Crippen LogP contribution in [-0.2, 0) is 6.54 Å². The summed E-state index contributed by atoms with van der Waals surface area (Å²) in [6, 6.07) is 8.06. The number of benzene rings is 1. The maximum absolute atomic E-state index is 5.61. The van der Waals surface area contributed by atoms with Gasteiger partial charge in [0, 0.05) is 28.3 Å². The van der Waals surface area contributed by atoms with E-state index >= 15 is 0 Å². The van der Waals surface area contributed by atoms with E-state index in [1.165, 1.54) is 0 Å². The molecule has 0 bridgehead atoms. The maximum atomic E-state index is 5.61. The van der Waals surface area contributed by atoms with E-state index in [0.717, 1.165) is 20.1 Å². The van der Waals surface area contributed by atoms with E-state index in [2.05, 4.69) is 25.9 Å². The average Bonchev–Trinajstić information content (AvgIpc) is 2.33. The van der Waals surface area contributed by atoms with Crippen LogP contribution in [0.5, 0.6) is 0 Å². The fraction of sp³-hybridized carbons (Fsp3) is 0.0909. The SMILES string of the molecule is NCc1nccnc1Sc1ccc(Br)cc1. The lowest BCUT2D eigenvalue weighted by atomic mass is 10.4. The minimum atomic E-state index is 0.409. The molecule has 3 nitrogen and oxygen atoms in total. The first-order chi connectivity index (χ1) is 7.79. The van der Waals surface area contributed by atoms with Crippen molar-refractivity contribution < 1.29 is 0 Å². The Labute approximate surface area is 107 Å². The molecule has 82 valence electrons. The first kappa shape index (κ1) is 11.6. The number of nitrogens with zero attached hydrogens (tertiary/aromatic N) is 2. The van der Waals surface area contributed by atoms with Gasteiger partial charge in [-0.25, -0.2) is 4.98 Å². The zero-order valence-corrected chi connectivity index (χ0v) is 10.8.